The molecule has 0 fully saturated rings. The van der Waals surface area contributed by atoms with Gasteiger partial charge in [-0.25, -0.2) is 0 Å². The van der Waals surface area contributed by atoms with Crippen molar-refractivity contribution in [2.45, 2.75) is 6.42 Å². The number of carbonyl (C=O) groups is 1. The number of carbonyl (C=O) groups excluding carboxylic acids is 1. The lowest BCUT2D eigenvalue weighted by molar-refractivity contribution is 0.0794. The van der Waals surface area contributed by atoms with E-state index in [4.69, 9.17) is 10.8 Å². The van der Waals surface area contributed by atoms with Gasteiger partial charge in [-0.05, 0) is 37.2 Å². The van der Waals surface area contributed by atoms with Crippen LogP contribution in [-0.4, -0.2) is 36.1 Å². The van der Waals surface area contributed by atoms with Crippen molar-refractivity contribution < 1.29 is 9.90 Å². The highest BCUT2D eigenvalue weighted by atomic mass is 16.3. The van der Waals surface area contributed by atoms with E-state index in [0.29, 0.717) is 18.7 Å². The number of rotatable bonds is 4. The van der Waals surface area contributed by atoms with Crippen LogP contribution in [0.1, 0.15) is 16.8 Å². The van der Waals surface area contributed by atoms with Crippen LogP contribution in [0.2, 0.25) is 0 Å². The van der Waals surface area contributed by atoms with Crippen LogP contribution in [0.4, 0.5) is 0 Å². The van der Waals surface area contributed by atoms with E-state index in [2.05, 4.69) is 0 Å². The second-order valence-corrected chi connectivity index (χ2v) is 3.42. The number of phenols is 1. The molecule has 0 heterocycles. The number of hydrogen-bond donors (Lipinski definition) is 2. The molecule has 15 heavy (non-hydrogen) atoms. The van der Waals surface area contributed by atoms with Crippen LogP contribution in [0.25, 0.3) is 0 Å². The lowest BCUT2D eigenvalue weighted by Crippen LogP contribution is -2.28. The third kappa shape index (κ3) is 3.25. The molecule has 1 aromatic rings. The first-order valence-corrected chi connectivity index (χ1v) is 4.89. The molecule has 0 bridgehead atoms. The fourth-order valence-corrected chi connectivity index (χ4v) is 1.25. The van der Waals surface area contributed by atoms with Crippen molar-refractivity contribution in [2.75, 3.05) is 20.1 Å². The molecule has 4 heteroatoms. The van der Waals surface area contributed by atoms with E-state index in [1.807, 2.05) is 0 Å². The number of aromatic hydroxyl groups is 1. The Morgan fingerprint density at radius 2 is 2.00 bits per heavy atom. The molecular formula is C11H16N2O2. The Morgan fingerprint density at radius 3 is 2.53 bits per heavy atom. The molecule has 0 aliphatic heterocycles. The molecule has 0 aliphatic carbocycles. The zero-order valence-corrected chi connectivity index (χ0v) is 8.81. The molecule has 0 saturated heterocycles. The first-order valence-electron chi connectivity index (χ1n) is 4.89. The number of nitrogens with two attached hydrogens (primary N) is 1. The van der Waals surface area contributed by atoms with Gasteiger partial charge in [-0.3, -0.25) is 4.79 Å². The Hall–Kier alpha value is -1.55. The molecule has 82 valence electrons. The Labute approximate surface area is 89.3 Å². The summed E-state index contributed by atoms with van der Waals surface area (Å²) in [4.78, 5) is 13.4. The monoisotopic (exact) mass is 208 g/mol. The number of benzene rings is 1. The average molecular weight is 208 g/mol. The van der Waals surface area contributed by atoms with Gasteiger partial charge in [0.05, 0.1) is 0 Å². The predicted molar refractivity (Wildman–Crippen MR) is 58.7 cm³/mol. The first kappa shape index (κ1) is 11.5. The quantitative estimate of drug-likeness (QED) is 0.769. The smallest absolute Gasteiger partial charge is 0.253 e. The molecule has 4 nitrogen and oxygen atoms in total. The normalized spacial score (nSPS) is 10.0. The third-order valence-electron chi connectivity index (χ3n) is 2.16. The maximum absolute atomic E-state index is 11.8. The van der Waals surface area contributed by atoms with E-state index >= 15 is 0 Å². The Kier molecular flexibility index (Phi) is 4.12. The summed E-state index contributed by atoms with van der Waals surface area (Å²) < 4.78 is 0. The molecule has 0 saturated carbocycles. The van der Waals surface area contributed by atoms with Crippen LogP contribution >= 0.6 is 0 Å². The Balaban J connectivity index is 2.63. The second kappa shape index (κ2) is 5.36. The Morgan fingerprint density at radius 1 is 1.40 bits per heavy atom. The highest BCUT2D eigenvalue weighted by Gasteiger charge is 2.10. The summed E-state index contributed by atoms with van der Waals surface area (Å²) >= 11 is 0. The molecule has 1 amide bonds. The minimum absolute atomic E-state index is 0.0524. The average Bonchev–Trinajstić information content (AvgIpc) is 2.26. The van der Waals surface area contributed by atoms with Crippen molar-refractivity contribution in [3.05, 3.63) is 29.8 Å². The van der Waals surface area contributed by atoms with E-state index in [1.165, 1.54) is 12.1 Å². The second-order valence-electron chi connectivity index (χ2n) is 3.42. The van der Waals surface area contributed by atoms with Crippen LogP contribution in [-0.2, 0) is 0 Å². The summed E-state index contributed by atoms with van der Waals surface area (Å²) in [6, 6.07) is 6.22. The van der Waals surface area contributed by atoms with Crippen molar-refractivity contribution in [1.29, 1.82) is 0 Å². The van der Waals surface area contributed by atoms with Crippen LogP contribution in [0.3, 0.4) is 0 Å². The van der Waals surface area contributed by atoms with Crippen molar-refractivity contribution in [3.63, 3.8) is 0 Å². The number of nitrogens with zero attached hydrogens (tertiary/aromatic N) is 1. The summed E-state index contributed by atoms with van der Waals surface area (Å²) in [6.07, 6.45) is 0.792. The molecule has 0 unspecified atom stereocenters. The lowest BCUT2D eigenvalue weighted by Gasteiger charge is -2.16. The van der Waals surface area contributed by atoms with Crippen LogP contribution in [0.5, 0.6) is 5.75 Å². The van der Waals surface area contributed by atoms with E-state index in [9.17, 15) is 4.79 Å². The minimum atomic E-state index is -0.0524. The Bertz CT molecular complexity index is 322. The largest absolute Gasteiger partial charge is 0.508 e. The zero-order valence-electron chi connectivity index (χ0n) is 8.81. The molecule has 3 N–H and O–H groups in total. The number of hydrogen-bond acceptors (Lipinski definition) is 3. The van der Waals surface area contributed by atoms with E-state index in [1.54, 1.807) is 24.1 Å². The highest BCUT2D eigenvalue weighted by Crippen LogP contribution is 2.11. The SMILES string of the molecule is CN(CCCN)C(=O)c1ccc(O)cc1. The van der Waals surface area contributed by atoms with Gasteiger partial charge in [-0.1, -0.05) is 0 Å². The predicted octanol–water partition coefficient (Wildman–Crippen LogP) is 0.813. The first-order chi connectivity index (χ1) is 7.15. The van der Waals surface area contributed by atoms with Crippen LogP contribution in [0, 0.1) is 0 Å². The number of phenolic OH excluding ortho intramolecular Hbond substituents is 1. The molecule has 0 aromatic heterocycles. The van der Waals surface area contributed by atoms with Gasteiger partial charge in [-0.15, -0.1) is 0 Å². The van der Waals surface area contributed by atoms with Crippen molar-refractivity contribution in [3.8, 4) is 5.75 Å². The van der Waals surface area contributed by atoms with E-state index in [-0.39, 0.29) is 11.7 Å². The van der Waals surface area contributed by atoms with E-state index in [0.717, 1.165) is 6.42 Å². The molecule has 1 rings (SSSR count). The van der Waals surface area contributed by atoms with Gasteiger partial charge in [0.25, 0.3) is 5.91 Å². The molecule has 0 radical (unpaired) electrons. The van der Waals surface area contributed by atoms with Crippen molar-refractivity contribution >= 4 is 5.91 Å². The summed E-state index contributed by atoms with van der Waals surface area (Å²) in [7, 11) is 1.74. The fourth-order valence-electron chi connectivity index (χ4n) is 1.25. The van der Waals surface area contributed by atoms with Gasteiger partial charge in [0.1, 0.15) is 5.75 Å². The highest BCUT2D eigenvalue weighted by molar-refractivity contribution is 5.94. The zero-order chi connectivity index (χ0) is 11.3. The van der Waals surface area contributed by atoms with Crippen molar-refractivity contribution in [2.24, 2.45) is 5.73 Å². The lowest BCUT2D eigenvalue weighted by atomic mass is 10.2. The van der Waals surface area contributed by atoms with Gasteiger partial charge < -0.3 is 15.7 Å². The van der Waals surface area contributed by atoms with Gasteiger partial charge in [-0.2, -0.15) is 0 Å². The molecular weight excluding hydrogens is 192 g/mol. The molecule has 1 aromatic carbocycles. The summed E-state index contributed by atoms with van der Waals surface area (Å²) in [6.45, 7) is 1.23. The minimum Gasteiger partial charge on any atom is -0.508 e. The summed E-state index contributed by atoms with van der Waals surface area (Å²) in [5.41, 5.74) is 5.94. The third-order valence-corrected chi connectivity index (χ3v) is 2.16. The van der Waals surface area contributed by atoms with E-state index < -0.39 is 0 Å². The van der Waals surface area contributed by atoms with Gasteiger partial charge in [0.15, 0.2) is 0 Å². The number of amides is 1. The molecule has 0 atom stereocenters. The van der Waals surface area contributed by atoms with Gasteiger partial charge in [0, 0.05) is 19.2 Å². The van der Waals surface area contributed by atoms with Gasteiger partial charge in [0.2, 0.25) is 0 Å². The maximum Gasteiger partial charge on any atom is 0.253 e. The van der Waals surface area contributed by atoms with Crippen LogP contribution < -0.4 is 5.73 Å². The molecule has 0 aliphatic rings. The maximum atomic E-state index is 11.8. The topological polar surface area (TPSA) is 66.6 Å². The van der Waals surface area contributed by atoms with Crippen LogP contribution in [0.15, 0.2) is 24.3 Å². The summed E-state index contributed by atoms with van der Waals surface area (Å²) in [5.74, 6) is 0.111. The van der Waals surface area contributed by atoms with Crippen molar-refractivity contribution in [1.82, 2.24) is 4.90 Å². The molecule has 0 spiro atoms. The fraction of sp³-hybridized carbons (Fsp3) is 0.364. The standard InChI is InChI=1S/C11H16N2O2/c1-13(8-2-7-12)11(15)9-3-5-10(14)6-4-9/h3-6,14H,2,7-8,12H2,1H3. The van der Waals surface area contributed by atoms with Gasteiger partial charge >= 0.3 is 0 Å². The summed E-state index contributed by atoms with van der Waals surface area (Å²) in [5, 5.41) is 9.08.